The van der Waals surface area contributed by atoms with Gasteiger partial charge in [0, 0.05) is 42.9 Å². The van der Waals surface area contributed by atoms with E-state index in [9.17, 15) is 13.2 Å². The van der Waals surface area contributed by atoms with Crippen LogP contribution in [0.2, 0.25) is 0 Å². The van der Waals surface area contributed by atoms with Gasteiger partial charge in [0.25, 0.3) is 15.9 Å². The molecule has 0 saturated carbocycles. The Hall–Kier alpha value is -3.46. The largest absolute Gasteiger partial charge is 0.378 e. The number of aromatic nitrogens is 5. The molecule has 36 heavy (non-hydrogen) atoms. The van der Waals surface area contributed by atoms with E-state index in [2.05, 4.69) is 15.1 Å². The van der Waals surface area contributed by atoms with Gasteiger partial charge < -0.3 is 9.64 Å². The molecule has 1 fully saturated rings. The highest BCUT2D eigenvalue weighted by molar-refractivity contribution is 8.13. The zero-order valence-corrected chi connectivity index (χ0v) is 20.4. The number of hydrogen-bond acceptors (Lipinski definition) is 10. The smallest absolute Gasteiger partial charge is 0.276 e. The van der Waals surface area contributed by atoms with Gasteiger partial charge in [-0.2, -0.15) is 5.10 Å². The zero-order valence-electron chi connectivity index (χ0n) is 18.8. The number of aromatic amines is 1. The lowest BCUT2D eigenvalue weighted by Gasteiger charge is -2.29. The fraction of sp³-hybridized carbons (Fsp3) is 0.273. The number of thioether (sulfide) groups is 1. The van der Waals surface area contributed by atoms with E-state index in [-0.39, 0.29) is 12.0 Å². The van der Waals surface area contributed by atoms with Crippen molar-refractivity contribution < 1.29 is 23.2 Å². The third-order valence-electron chi connectivity index (χ3n) is 6.22. The van der Waals surface area contributed by atoms with Gasteiger partial charge in [-0.15, -0.1) is 0 Å². The Kier molecular flexibility index (Phi) is 5.67. The van der Waals surface area contributed by atoms with Crippen molar-refractivity contribution in [3.63, 3.8) is 0 Å². The summed E-state index contributed by atoms with van der Waals surface area (Å²) in [5, 5.41) is 16.8. The van der Waals surface area contributed by atoms with Crippen LogP contribution in [0.15, 0.2) is 47.8 Å². The second-order valence-electron chi connectivity index (χ2n) is 8.35. The molecule has 1 saturated heterocycles. The molecule has 0 bridgehead atoms. The number of fused-ring (bicyclic) bond motifs is 2. The SMILES string of the molecule is O=C(NO)c1ccn(S(=O)(=O)C2Cc3nc(-c4cccc5[nH]ncc45)nc(N4CCOCC4)c3S2)c1. The topological polar surface area (TPSA) is 155 Å². The van der Waals surface area contributed by atoms with Crippen molar-refractivity contribution in [3.8, 4) is 11.4 Å². The number of carbonyl (C=O) groups is 1. The van der Waals surface area contributed by atoms with Crippen molar-refractivity contribution >= 4 is 44.4 Å². The van der Waals surface area contributed by atoms with Crippen LogP contribution < -0.4 is 10.4 Å². The highest BCUT2D eigenvalue weighted by Gasteiger charge is 2.39. The summed E-state index contributed by atoms with van der Waals surface area (Å²) in [6.07, 6.45) is 4.38. The minimum atomic E-state index is -3.89. The minimum absolute atomic E-state index is 0.0332. The van der Waals surface area contributed by atoms with Gasteiger partial charge in [0.05, 0.1) is 41.1 Å². The summed E-state index contributed by atoms with van der Waals surface area (Å²) < 4.78 is 32.6. The average molecular weight is 528 g/mol. The number of benzene rings is 1. The highest BCUT2D eigenvalue weighted by atomic mass is 32.3. The van der Waals surface area contributed by atoms with Crippen LogP contribution >= 0.6 is 11.8 Å². The van der Waals surface area contributed by atoms with Crippen molar-refractivity contribution in [2.45, 2.75) is 15.9 Å². The van der Waals surface area contributed by atoms with Crippen LogP contribution in [-0.4, -0.2) is 74.6 Å². The lowest BCUT2D eigenvalue weighted by molar-refractivity contribution is 0.0706. The predicted molar refractivity (Wildman–Crippen MR) is 132 cm³/mol. The molecule has 4 aromatic rings. The fourth-order valence-electron chi connectivity index (χ4n) is 4.38. The van der Waals surface area contributed by atoms with E-state index in [0.717, 1.165) is 25.3 Å². The third-order valence-corrected chi connectivity index (χ3v) is 9.97. The second kappa shape index (κ2) is 8.89. The van der Waals surface area contributed by atoms with Gasteiger partial charge in [0.1, 0.15) is 10.4 Å². The van der Waals surface area contributed by atoms with E-state index in [1.165, 1.54) is 35.7 Å². The zero-order chi connectivity index (χ0) is 24.9. The lowest BCUT2D eigenvalue weighted by atomic mass is 10.1. The lowest BCUT2D eigenvalue weighted by Crippen LogP contribution is -2.37. The van der Waals surface area contributed by atoms with E-state index >= 15 is 0 Å². The Labute approximate surface area is 209 Å². The van der Waals surface area contributed by atoms with E-state index < -0.39 is 20.5 Å². The quantitative estimate of drug-likeness (QED) is 0.258. The first-order valence-electron chi connectivity index (χ1n) is 11.2. The van der Waals surface area contributed by atoms with Gasteiger partial charge in [-0.25, -0.2) is 23.9 Å². The van der Waals surface area contributed by atoms with Crippen LogP contribution in [0.4, 0.5) is 5.82 Å². The van der Waals surface area contributed by atoms with Gasteiger partial charge in [-0.05, 0) is 12.1 Å². The Balaban J connectivity index is 1.42. The van der Waals surface area contributed by atoms with Gasteiger partial charge in [0.15, 0.2) is 5.82 Å². The summed E-state index contributed by atoms with van der Waals surface area (Å²) in [5.41, 5.74) is 3.86. The van der Waals surface area contributed by atoms with Crippen LogP contribution in [-0.2, 0) is 21.2 Å². The summed E-state index contributed by atoms with van der Waals surface area (Å²) in [5.74, 6) is 0.406. The molecular weight excluding hydrogens is 506 g/mol. The normalized spacial score (nSPS) is 17.9. The first-order valence-corrected chi connectivity index (χ1v) is 13.5. The summed E-state index contributed by atoms with van der Waals surface area (Å²) in [6, 6.07) is 7.07. The Morgan fingerprint density at radius 1 is 1.22 bits per heavy atom. The molecule has 1 unspecified atom stereocenters. The number of morpholine rings is 1. The maximum absolute atomic E-state index is 13.5. The number of hydroxylamine groups is 1. The van der Waals surface area contributed by atoms with Crippen LogP contribution in [0, 0.1) is 0 Å². The highest BCUT2D eigenvalue weighted by Crippen LogP contribution is 2.45. The monoisotopic (exact) mass is 527 g/mol. The maximum atomic E-state index is 13.5. The van der Waals surface area contributed by atoms with E-state index in [4.69, 9.17) is 19.9 Å². The molecule has 186 valence electrons. The van der Waals surface area contributed by atoms with E-state index in [1.807, 2.05) is 18.2 Å². The van der Waals surface area contributed by atoms with Gasteiger partial charge >= 0.3 is 0 Å². The van der Waals surface area contributed by atoms with Crippen molar-refractivity contribution in [1.82, 2.24) is 29.6 Å². The van der Waals surface area contributed by atoms with E-state index in [1.54, 1.807) is 6.20 Å². The van der Waals surface area contributed by atoms with Crippen LogP contribution in [0.25, 0.3) is 22.3 Å². The molecule has 2 aliphatic rings. The number of nitrogens with one attached hydrogen (secondary N) is 2. The fourth-order valence-corrected chi connectivity index (χ4v) is 7.64. The average Bonchev–Trinajstić information content (AvgIpc) is 3.67. The molecular formula is C22H21N7O5S2. The first-order chi connectivity index (χ1) is 17.5. The Bertz CT molecular complexity index is 1580. The molecule has 6 rings (SSSR count). The summed E-state index contributed by atoms with van der Waals surface area (Å²) >= 11 is 1.21. The van der Waals surface area contributed by atoms with E-state index in [0.29, 0.717) is 43.6 Å². The second-order valence-corrected chi connectivity index (χ2v) is 11.9. The van der Waals surface area contributed by atoms with Crippen molar-refractivity contribution in [2.24, 2.45) is 0 Å². The number of rotatable bonds is 5. The van der Waals surface area contributed by atoms with Crippen molar-refractivity contribution in [3.05, 3.63) is 54.1 Å². The number of H-pyrrole nitrogens is 1. The summed E-state index contributed by atoms with van der Waals surface area (Å²) in [6.45, 7) is 2.37. The van der Waals surface area contributed by atoms with Crippen molar-refractivity contribution in [2.75, 3.05) is 31.2 Å². The number of nitrogens with zero attached hydrogens (tertiary/aromatic N) is 5. The summed E-state index contributed by atoms with van der Waals surface area (Å²) in [4.78, 5) is 24.3. The molecule has 1 amide bonds. The van der Waals surface area contributed by atoms with Gasteiger partial charge in [0.2, 0.25) is 0 Å². The molecule has 14 heteroatoms. The van der Waals surface area contributed by atoms with Crippen LogP contribution in [0.3, 0.4) is 0 Å². The molecule has 0 radical (unpaired) electrons. The number of carbonyl (C=O) groups excluding carboxylic acids is 1. The number of hydrogen-bond donors (Lipinski definition) is 3. The molecule has 0 aliphatic carbocycles. The van der Waals surface area contributed by atoms with Gasteiger partial charge in [-0.3, -0.25) is 19.1 Å². The standard InChI is InChI=1S/C22H21N7O5S2/c30-22(27-31)13-4-5-29(12-13)36(32,33)18-10-17-19(35-18)21(28-6-8-34-9-7-28)25-20(24-17)14-2-1-3-16-15(14)11-23-26-16/h1-5,11-12,18,31H,6-10H2,(H,23,26)(H,27,30). The van der Waals surface area contributed by atoms with Gasteiger partial charge in [-0.1, -0.05) is 23.9 Å². The van der Waals surface area contributed by atoms with Crippen molar-refractivity contribution in [1.29, 1.82) is 0 Å². The number of anilines is 1. The third kappa shape index (κ3) is 3.82. The minimum Gasteiger partial charge on any atom is -0.378 e. The number of ether oxygens (including phenoxy) is 1. The molecule has 3 N–H and O–H groups in total. The Morgan fingerprint density at radius 3 is 2.86 bits per heavy atom. The molecule has 12 nitrogen and oxygen atoms in total. The van der Waals surface area contributed by atoms with Crippen LogP contribution in [0.1, 0.15) is 16.1 Å². The number of amides is 1. The molecule has 0 spiro atoms. The van der Waals surface area contributed by atoms with Crippen LogP contribution in [0.5, 0.6) is 0 Å². The molecule has 3 aromatic heterocycles. The molecule has 5 heterocycles. The molecule has 1 atom stereocenters. The first kappa shape index (κ1) is 23.0. The molecule has 1 aromatic carbocycles. The predicted octanol–water partition coefficient (Wildman–Crippen LogP) is 1.63. The Morgan fingerprint density at radius 2 is 2.06 bits per heavy atom. The maximum Gasteiger partial charge on any atom is 0.276 e. The summed E-state index contributed by atoms with van der Waals surface area (Å²) in [7, 11) is -3.89. The molecule has 2 aliphatic heterocycles.